The lowest BCUT2D eigenvalue weighted by molar-refractivity contribution is -0.161. The lowest BCUT2D eigenvalue weighted by atomic mass is 10.0. The van der Waals surface area contributed by atoms with E-state index >= 15 is 0 Å². The van der Waals surface area contributed by atoms with E-state index in [2.05, 4.69) is 62.5 Å². The van der Waals surface area contributed by atoms with Crippen LogP contribution in [0.4, 0.5) is 0 Å². The summed E-state index contributed by atoms with van der Waals surface area (Å²) in [5.74, 6) is -0.836. The third-order valence-corrected chi connectivity index (χ3v) is 11.9. The van der Waals surface area contributed by atoms with Crippen LogP contribution in [0, 0.1) is 0 Å². The van der Waals surface area contributed by atoms with Crippen LogP contribution >= 0.6 is 7.82 Å². The Kier molecular flexibility index (Phi) is 46.8. The van der Waals surface area contributed by atoms with Gasteiger partial charge in [-0.15, -0.1) is 0 Å². The average molecular weight is 894 g/mol. The summed E-state index contributed by atoms with van der Waals surface area (Å²) < 4.78 is 32.9. The van der Waals surface area contributed by atoms with E-state index in [0.29, 0.717) is 6.42 Å². The molecule has 0 aromatic carbocycles. The fourth-order valence-corrected chi connectivity index (χ4v) is 7.87. The van der Waals surface area contributed by atoms with Crippen LogP contribution in [0.15, 0.2) is 48.6 Å². The van der Waals surface area contributed by atoms with Crippen LogP contribution in [0.1, 0.15) is 239 Å². The zero-order chi connectivity index (χ0) is 45.3. The van der Waals surface area contributed by atoms with Crippen LogP contribution in [0.25, 0.3) is 0 Å². The molecule has 0 aliphatic rings. The van der Waals surface area contributed by atoms with E-state index in [9.17, 15) is 19.0 Å². The first-order valence-electron chi connectivity index (χ1n) is 25.6. The molecule has 0 aliphatic carbocycles. The average Bonchev–Trinajstić information content (AvgIpc) is 3.26. The molecule has 0 saturated heterocycles. The van der Waals surface area contributed by atoms with Crippen LogP contribution in [-0.2, 0) is 32.7 Å². The Bertz CT molecular complexity index is 1160. The molecule has 62 heavy (non-hydrogen) atoms. The highest BCUT2D eigenvalue weighted by atomic mass is 31.2. The Balaban J connectivity index is 3.95. The predicted octanol–water partition coefficient (Wildman–Crippen LogP) is 15.5. The van der Waals surface area contributed by atoms with Crippen molar-refractivity contribution in [3.63, 3.8) is 0 Å². The van der Waals surface area contributed by atoms with Crippen LogP contribution in [-0.4, -0.2) is 49.3 Å². The number of carbonyl (C=O) groups excluding carboxylic acids is 2. The Labute approximate surface area is 381 Å². The Morgan fingerprint density at radius 3 is 1.29 bits per heavy atom. The van der Waals surface area contributed by atoms with E-state index in [4.69, 9.17) is 24.3 Å². The van der Waals surface area contributed by atoms with Gasteiger partial charge in [0.25, 0.3) is 0 Å². The summed E-state index contributed by atoms with van der Waals surface area (Å²) in [4.78, 5) is 34.9. The standard InChI is InChI=1S/C52H96NO8P/c1-3-5-7-9-11-13-15-17-18-19-20-21-22-23-24-25-26-27-28-29-30-31-32-33-35-37-39-41-43-45-52(55)61-50(49-60-62(56,57)59-47-46-53)48-58-51(54)44-42-40-38-36-34-16-14-12-10-8-6-4-2/h12,14-15,17,19-20,22-23,50H,3-11,13,16,18,21,24-49,53H2,1-2H3,(H,56,57)/b14-12-,17-15-,20-19-,23-22-. The van der Waals surface area contributed by atoms with Crippen LogP contribution in [0.3, 0.4) is 0 Å². The molecule has 0 fully saturated rings. The molecule has 0 bridgehead atoms. The molecule has 0 amide bonds. The number of allylic oxidation sites excluding steroid dienone is 8. The highest BCUT2D eigenvalue weighted by Crippen LogP contribution is 2.43. The van der Waals surface area contributed by atoms with Crippen molar-refractivity contribution in [1.82, 2.24) is 0 Å². The molecule has 0 aliphatic heterocycles. The van der Waals surface area contributed by atoms with Crippen LogP contribution < -0.4 is 5.73 Å². The topological polar surface area (TPSA) is 134 Å². The second kappa shape index (κ2) is 48.4. The Morgan fingerprint density at radius 1 is 0.484 bits per heavy atom. The minimum atomic E-state index is -4.38. The van der Waals surface area contributed by atoms with Gasteiger partial charge in [0.2, 0.25) is 0 Å². The van der Waals surface area contributed by atoms with E-state index in [1.54, 1.807) is 0 Å². The first-order valence-corrected chi connectivity index (χ1v) is 27.1. The molecule has 0 saturated carbocycles. The predicted molar refractivity (Wildman–Crippen MR) is 261 cm³/mol. The fraction of sp³-hybridized carbons (Fsp3) is 0.808. The van der Waals surface area contributed by atoms with Crippen molar-refractivity contribution < 1.29 is 37.6 Å². The zero-order valence-electron chi connectivity index (χ0n) is 40.1. The molecule has 0 rings (SSSR count). The second-order valence-electron chi connectivity index (χ2n) is 17.0. The third kappa shape index (κ3) is 47.4. The minimum absolute atomic E-state index is 0.0518. The molecule has 3 N–H and O–H groups in total. The molecule has 0 aromatic rings. The molecule has 2 atom stereocenters. The summed E-state index contributed by atoms with van der Waals surface area (Å²) in [6.45, 7) is 3.70. The summed E-state index contributed by atoms with van der Waals surface area (Å²) in [6, 6.07) is 0. The number of ether oxygens (including phenoxy) is 2. The van der Waals surface area contributed by atoms with Crippen molar-refractivity contribution >= 4 is 19.8 Å². The summed E-state index contributed by atoms with van der Waals surface area (Å²) in [5.41, 5.74) is 5.36. The molecule has 0 spiro atoms. The van der Waals surface area contributed by atoms with Crippen LogP contribution in [0.5, 0.6) is 0 Å². The number of rotatable bonds is 48. The number of esters is 2. The van der Waals surface area contributed by atoms with Crippen molar-refractivity contribution in [3.05, 3.63) is 48.6 Å². The Morgan fingerprint density at radius 2 is 0.839 bits per heavy atom. The number of phosphoric ester groups is 1. The number of carbonyl (C=O) groups is 2. The maximum Gasteiger partial charge on any atom is 0.472 e. The molecule has 9 nitrogen and oxygen atoms in total. The fourth-order valence-electron chi connectivity index (χ4n) is 7.11. The lowest BCUT2D eigenvalue weighted by Crippen LogP contribution is -2.29. The molecule has 362 valence electrons. The molecular formula is C52H96NO8P. The number of unbranched alkanes of at least 4 members (excludes halogenated alkanes) is 27. The lowest BCUT2D eigenvalue weighted by Gasteiger charge is -2.19. The van der Waals surface area contributed by atoms with Crippen molar-refractivity contribution in [2.24, 2.45) is 5.73 Å². The molecule has 10 heteroatoms. The first-order chi connectivity index (χ1) is 30.3. The summed E-state index contributed by atoms with van der Waals surface area (Å²) in [5, 5.41) is 0. The van der Waals surface area contributed by atoms with Gasteiger partial charge in [-0.05, 0) is 77.0 Å². The van der Waals surface area contributed by atoms with Gasteiger partial charge in [0.1, 0.15) is 6.61 Å². The number of hydrogen-bond donors (Lipinski definition) is 2. The van der Waals surface area contributed by atoms with E-state index in [1.165, 1.54) is 135 Å². The minimum Gasteiger partial charge on any atom is -0.462 e. The molecule has 0 aromatic heterocycles. The summed E-state index contributed by atoms with van der Waals surface area (Å²) in [7, 11) is -4.38. The Hall–Kier alpha value is -2.03. The molecule has 0 heterocycles. The zero-order valence-corrected chi connectivity index (χ0v) is 41.0. The molecule has 0 radical (unpaired) electrons. The summed E-state index contributed by atoms with van der Waals surface area (Å²) in [6.07, 6.45) is 57.3. The van der Waals surface area contributed by atoms with Gasteiger partial charge in [0.15, 0.2) is 6.10 Å². The van der Waals surface area contributed by atoms with Gasteiger partial charge in [0.05, 0.1) is 13.2 Å². The monoisotopic (exact) mass is 894 g/mol. The SMILES string of the molecule is CCCCC/C=C\CCCCCCCC(=O)OCC(COP(=O)(O)OCCN)OC(=O)CCCCCCCCCCCCCCCC/C=C\C/C=C\C/C=C\CCCCCCC. The third-order valence-electron chi connectivity index (χ3n) is 10.9. The first kappa shape index (κ1) is 60.0. The highest BCUT2D eigenvalue weighted by molar-refractivity contribution is 7.47. The quantitative estimate of drug-likeness (QED) is 0.0265. The number of nitrogens with two attached hydrogens (primary N) is 1. The van der Waals surface area contributed by atoms with Gasteiger partial charge >= 0.3 is 19.8 Å². The van der Waals surface area contributed by atoms with Crippen molar-refractivity contribution in [2.75, 3.05) is 26.4 Å². The van der Waals surface area contributed by atoms with Crippen LogP contribution in [0.2, 0.25) is 0 Å². The van der Waals surface area contributed by atoms with Gasteiger partial charge in [-0.2, -0.15) is 0 Å². The van der Waals surface area contributed by atoms with E-state index in [-0.39, 0.29) is 32.6 Å². The van der Waals surface area contributed by atoms with Gasteiger partial charge in [-0.3, -0.25) is 18.6 Å². The van der Waals surface area contributed by atoms with Gasteiger partial charge in [0, 0.05) is 19.4 Å². The largest absolute Gasteiger partial charge is 0.472 e. The van der Waals surface area contributed by atoms with Gasteiger partial charge in [-0.25, -0.2) is 4.57 Å². The molecular weight excluding hydrogens is 798 g/mol. The number of hydrogen-bond acceptors (Lipinski definition) is 8. The second-order valence-corrected chi connectivity index (χ2v) is 18.5. The maximum absolute atomic E-state index is 12.6. The van der Waals surface area contributed by atoms with Gasteiger partial charge < -0.3 is 20.1 Å². The van der Waals surface area contributed by atoms with E-state index in [1.807, 2.05) is 0 Å². The highest BCUT2D eigenvalue weighted by Gasteiger charge is 2.26. The molecule has 2 unspecified atom stereocenters. The normalized spacial score (nSPS) is 13.5. The van der Waals surface area contributed by atoms with Crippen molar-refractivity contribution in [1.29, 1.82) is 0 Å². The number of phosphoric acid groups is 1. The summed E-state index contributed by atoms with van der Waals surface area (Å²) >= 11 is 0. The van der Waals surface area contributed by atoms with Gasteiger partial charge in [-0.1, -0.05) is 197 Å². The maximum atomic E-state index is 12.6. The van der Waals surface area contributed by atoms with Crippen molar-refractivity contribution in [2.45, 2.75) is 245 Å². The van der Waals surface area contributed by atoms with Crippen molar-refractivity contribution in [3.8, 4) is 0 Å². The smallest absolute Gasteiger partial charge is 0.462 e. The van der Waals surface area contributed by atoms with E-state index in [0.717, 1.165) is 70.6 Å². The van der Waals surface area contributed by atoms with E-state index < -0.39 is 32.5 Å².